The molecule has 1 aromatic carbocycles. The zero-order valence-corrected chi connectivity index (χ0v) is 10.3. The van der Waals surface area contributed by atoms with E-state index in [9.17, 15) is 13.6 Å². The number of rotatable bonds is 3. The fourth-order valence-electron chi connectivity index (χ4n) is 1.80. The van der Waals surface area contributed by atoms with Crippen LogP contribution in [0.5, 0.6) is 5.75 Å². The molecule has 19 heavy (non-hydrogen) atoms. The zero-order chi connectivity index (χ0) is 13.8. The summed E-state index contributed by atoms with van der Waals surface area (Å²) in [6.45, 7) is 0.622. The van der Waals surface area contributed by atoms with E-state index in [4.69, 9.17) is 0 Å². The summed E-state index contributed by atoms with van der Waals surface area (Å²) in [5.41, 5.74) is 0.00849. The Hall–Kier alpha value is -2.05. The molecule has 1 heterocycles. The highest BCUT2D eigenvalue weighted by molar-refractivity contribution is 5.82. The van der Waals surface area contributed by atoms with E-state index in [0.717, 1.165) is 18.6 Å². The van der Waals surface area contributed by atoms with Gasteiger partial charge in [0.05, 0.1) is 12.8 Å². The molecule has 1 aliphatic heterocycles. The molecule has 1 N–H and O–H groups in total. The summed E-state index contributed by atoms with van der Waals surface area (Å²) in [6, 6.07) is 1.42. The van der Waals surface area contributed by atoms with Gasteiger partial charge in [-0.05, 0) is 12.8 Å². The van der Waals surface area contributed by atoms with E-state index in [1.807, 2.05) is 0 Å². The number of carbonyl (C=O) groups is 1. The van der Waals surface area contributed by atoms with Crippen molar-refractivity contribution in [1.29, 1.82) is 0 Å². The Balaban J connectivity index is 2.17. The van der Waals surface area contributed by atoms with Crippen LogP contribution in [0.3, 0.4) is 0 Å². The molecule has 1 fully saturated rings. The summed E-state index contributed by atoms with van der Waals surface area (Å²) in [6.07, 6.45) is 1.39. The monoisotopic (exact) mass is 269 g/mol. The number of ether oxygens (including phenoxy) is 1. The second kappa shape index (κ2) is 5.73. The van der Waals surface area contributed by atoms with Gasteiger partial charge in [-0.2, -0.15) is 10.2 Å². The molecule has 1 atom stereocenters. The molecule has 2 rings (SSSR count). The quantitative estimate of drug-likeness (QED) is 0.856. The third-order valence-corrected chi connectivity index (χ3v) is 2.76. The van der Waals surface area contributed by atoms with Crippen LogP contribution in [0.15, 0.2) is 22.4 Å². The molecule has 0 aromatic heterocycles. The molecular formula is C12H13F2N3O2. The first-order valence-corrected chi connectivity index (χ1v) is 5.83. The summed E-state index contributed by atoms with van der Waals surface area (Å²) < 4.78 is 31.4. The first kappa shape index (κ1) is 13.4. The third kappa shape index (κ3) is 3.04. The van der Waals surface area contributed by atoms with Gasteiger partial charge in [-0.15, -0.1) is 0 Å². The van der Waals surface area contributed by atoms with E-state index < -0.39 is 23.4 Å². The Morgan fingerprint density at radius 2 is 2.05 bits per heavy atom. The van der Waals surface area contributed by atoms with E-state index in [1.165, 1.54) is 7.11 Å². The number of carbonyl (C=O) groups excluding carboxylic acids is 1. The van der Waals surface area contributed by atoms with Gasteiger partial charge >= 0.3 is 0 Å². The molecule has 7 heteroatoms. The van der Waals surface area contributed by atoms with E-state index in [0.29, 0.717) is 13.0 Å². The Labute approximate surface area is 108 Å². The number of halogens is 2. The third-order valence-electron chi connectivity index (χ3n) is 2.76. The van der Waals surface area contributed by atoms with Gasteiger partial charge in [0, 0.05) is 18.7 Å². The summed E-state index contributed by atoms with van der Waals surface area (Å²) in [4.78, 5) is 11.4. The van der Waals surface area contributed by atoms with Gasteiger partial charge in [0.25, 0.3) is 0 Å². The van der Waals surface area contributed by atoms with E-state index in [1.54, 1.807) is 0 Å². The van der Waals surface area contributed by atoms with E-state index in [2.05, 4.69) is 20.3 Å². The minimum Gasteiger partial charge on any atom is -0.491 e. The van der Waals surface area contributed by atoms with E-state index in [-0.39, 0.29) is 11.6 Å². The Bertz CT molecular complexity index is 497. The van der Waals surface area contributed by atoms with Crippen molar-refractivity contribution < 1.29 is 18.3 Å². The molecule has 5 nitrogen and oxygen atoms in total. The smallest absolute Gasteiger partial charge is 0.246 e. The average molecular weight is 269 g/mol. The van der Waals surface area contributed by atoms with Crippen molar-refractivity contribution in [3.63, 3.8) is 0 Å². The first-order chi connectivity index (χ1) is 9.11. The molecule has 1 aliphatic rings. The molecule has 0 saturated carbocycles. The largest absolute Gasteiger partial charge is 0.491 e. The van der Waals surface area contributed by atoms with Crippen LogP contribution in [0.1, 0.15) is 12.8 Å². The minimum absolute atomic E-state index is 0.00849. The van der Waals surface area contributed by atoms with Crippen molar-refractivity contribution in [1.82, 2.24) is 5.32 Å². The van der Waals surface area contributed by atoms with Crippen molar-refractivity contribution in [2.24, 2.45) is 10.2 Å². The van der Waals surface area contributed by atoms with Crippen LogP contribution in [-0.4, -0.2) is 25.6 Å². The van der Waals surface area contributed by atoms with E-state index >= 15 is 0 Å². The van der Waals surface area contributed by atoms with Crippen molar-refractivity contribution in [2.45, 2.75) is 18.9 Å². The fourth-order valence-corrected chi connectivity index (χ4v) is 1.80. The lowest BCUT2D eigenvalue weighted by Gasteiger charge is -2.16. The van der Waals surface area contributed by atoms with Gasteiger partial charge in [0.15, 0.2) is 17.4 Å². The predicted octanol–water partition coefficient (Wildman–Crippen LogP) is 2.34. The van der Waals surface area contributed by atoms with Crippen molar-refractivity contribution >= 4 is 11.6 Å². The van der Waals surface area contributed by atoms with Crippen LogP contribution in [0, 0.1) is 11.6 Å². The molecule has 0 radical (unpaired) electrons. The Morgan fingerprint density at radius 1 is 1.37 bits per heavy atom. The molecule has 0 bridgehead atoms. The summed E-state index contributed by atoms with van der Waals surface area (Å²) >= 11 is 0. The van der Waals surface area contributed by atoms with Crippen LogP contribution >= 0.6 is 0 Å². The topological polar surface area (TPSA) is 63.1 Å². The number of hydrogen-bond acceptors (Lipinski definition) is 4. The number of nitrogens with zero attached hydrogens (tertiary/aromatic N) is 2. The number of nitrogens with one attached hydrogen (secondary N) is 1. The molecule has 1 saturated heterocycles. The van der Waals surface area contributed by atoms with Gasteiger partial charge in [-0.25, -0.2) is 8.78 Å². The van der Waals surface area contributed by atoms with Crippen LogP contribution in [-0.2, 0) is 4.79 Å². The standard InChI is InChI=1S/C12H13F2N3O2/c1-19-11-8(13)5-7(6-9(11)14)16-17-10-3-2-4-15-12(10)18/h5-6,10H,2-4H2,1H3,(H,15,18). The maximum atomic E-state index is 13.4. The predicted molar refractivity (Wildman–Crippen MR) is 63.5 cm³/mol. The fraction of sp³-hybridized carbons (Fsp3) is 0.417. The van der Waals surface area contributed by atoms with Gasteiger partial charge < -0.3 is 10.1 Å². The highest BCUT2D eigenvalue weighted by atomic mass is 19.1. The van der Waals surface area contributed by atoms with Crippen molar-refractivity contribution in [2.75, 3.05) is 13.7 Å². The number of piperidine rings is 1. The van der Waals surface area contributed by atoms with Crippen molar-refractivity contribution in [3.05, 3.63) is 23.8 Å². The highest BCUT2D eigenvalue weighted by Gasteiger charge is 2.21. The second-order valence-corrected chi connectivity index (χ2v) is 4.11. The molecule has 102 valence electrons. The van der Waals surface area contributed by atoms with Gasteiger partial charge in [0.1, 0.15) is 6.04 Å². The molecular weight excluding hydrogens is 256 g/mol. The SMILES string of the molecule is COc1c(F)cc(N=NC2CCCNC2=O)cc1F. The molecule has 0 spiro atoms. The number of hydrogen-bond donors (Lipinski definition) is 1. The zero-order valence-electron chi connectivity index (χ0n) is 10.3. The maximum Gasteiger partial charge on any atom is 0.246 e. The highest BCUT2D eigenvalue weighted by Crippen LogP contribution is 2.27. The number of azo groups is 1. The minimum atomic E-state index is -0.857. The normalized spacial score (nSPS) is 19.5. The molecule has 1 unspecified atom stereocenters. The number of methoxy groups -OCH3 is 1. The molecule has 1 aromatic rings. The van der Waals surface area contributed by atoms with Crippen LogP contribution < -0.4 is 10.1 Å². The lowest BCUT2D eigenvalue weighted by Crippen LogP contribution is -2.38. The maximum absolute atomic E-state index is 13.4. The van der Waals surface area contributed by atoms with Crippen LogP contribution in [0.25, 0.3) is 0 Å². The van der Waals surface area contributed by atoms with Gasteiger partial charge in [-0.1, -0.05) is 0 Å². The number of amides is 1. The second-order valence-electron chi connectivity index (χ2n) is 4.11. The Kier molecular flexibility index (Phi) is 4.03. The summed E-state index contributed by atoms with van der Waals surface area (Å²) in [5, 5.41) is 10.2. The van der Waals surface area contributed by atoms with Crippen LogP contribution in [0.2, 0.25) is 0 Å². The average Bonchev–Trinajstić information content (AvgIpc) is 2.37. The number of benzene rings is 1. The molecule has 1 amide bonds. The van der Waals surface area contributed by atoms with Crippen LogP contribution in [0.4, 0.5) is 14.5 Å². The van der Waals surface area contributed by atoms with Gasteiger partial charge in [0.2, 0.25) is 5.91 Å². The van der Waals surface area contributed by atoms with Crippen molar-refractivity contribution in [3.8, 4) is 5.75 Å². The lowest BCUT2D eigenvalue weighted by molar-refractivity contribution is -0.123. The summed E-state index contributed by atoms with van der Waals surface area (Å²) in [5.74, 6) is -2.40. The first-order valence-electron chi connectivity index (χ1n) is 5.83. The van der Waals surface area contributed by atoms with Gasteiger partial charge in [-0.3, -0.25) is 4.79 Å². The Morgan fingerprint density at radius 3 is 2.63 bits per heavy atom. The summed E-state index contributed by atoms with van der Waals surface area (Å²) in [7, 11) is 1.18. The molecule has 0 aliphatic carbocycles. The lowest BCUT2D eigenvalue weighted by atomic mass is 10.1.